The number of ketones is 1. The summed E-state index contributed by atoms with van der Waals surface area (Å²) < 4.78 is 0. The Morgan fingerprint density at radius 1 is 1.05 bits per heavy atom. The Bertz CT molecular complexity index is 704. The summed E-state index contributed by atoms with van der Waals surface area (Å²) in [6.45, 7) is 1.51. The molecule has 0 heterocycles. The van der Waals surface area contributed by atoms with E-state index in [0.717, 1.165) is 12.0 Å². The number of rotatable bonds is 4. The smallest absolute Gasteiger partial charge is 0.228 e. The molecule has 3 rings (SSSR count). The van der Waals surface area contributed by atoms with Gasteiger partial charge in [-0.05, 0) is 61.2 Å². The van der Waals surface area contributed by atoms with Crippen LogP contribution in [-0.2, 0) is 4.79 Å². The molecule has 2 atom stereocenters. The maximum atomic E-state index is 12.2. The van der Waals surface area contributed by atoms with Crippen LogP contribution in [0.2, 0.25) is 0 Å². The van der Waals surface area contributed by atoms with Crippen molar-refractivity contribution in [2.45, 2.75) is 19.3 Å². The fourth-order valence-corrected chi connectivity index (χ4v) is 2.60. The zero-order valence-electron chi connectivity index (χ0n) is 12.2. The van der Waals surface area contributed by atoms with Crippen molar-refractivity contribution in [1.29, 1.82) is 0 Å². The summed E-state index contributed by atoms with van der Waals surface area (Å²) in [5.41, 5.74) is 2.41. The van der Waals surface area contributed by atoms with E-state index in [0.29, 0.717) is 11.3 Å². The molecule has 0 radical (unpaired) electrons. The van der Waals surface area contributed by atoms with Gasteiger partial charge in [0, 0.05) is 17.2 Å². The number of carbonyl (C=O) groups is 2. The van der Waals surface area contributed by atoms with Crippen molar-refractivity contribution in [2.24, 2.45) is 5.92 Å². The third-order valence-electron chi connectivity index (χ3n) is 4.01. The summed E-state index contributed by atoms with van der Waals surface area (Å²) in [6, 6.07) is 13.9. The summed E-state index contributed by atoms with van der Waals surface area (Å²) in [6.07, 6.45) is 0.822. The number of carbonyl (C=O) groups excluding carboxylic acids is 2. The number of benzene rings is 2. The SMILES string of the molecule is CC(=O)c1ccc(NC(=O)C2CC2c2ccc(O)cc2)cc1. The first-order chi connectivity index (χ1) is 10.5. The second-order valence-electron chi connectivity index (χ2n) is 5.66. The number of phenolic OH excluding ortho intramolecular Hbond substituents is 1. The second-order valence-corrected chi connectivity index (χ2v) is 5.66. The molecule has 1 aliphatic carbocycles. The fraction of sp³-hybridized carbons (Fsp3) is 0.222. The van der Waals surface area contributed by atoms with Crippen molar-refractivity contribution >= 4 is 17.4 Å². The first kappa shape index (κ1) is 14.3. The predicted octanol–water partition coefficient (Wildman–Crippen LogP) is 3.34. The zero-order chi connectivity index (χ0) is 15.7. The summed E-state index contributed by atoms with van der Waals surface area (Å²) >= 11 is 0. The minimum Gasteiger partial charge on any atom is -0.508 e. The maximum Gasteiger partial charge on any atom is 0.228 e. The normalized spacial score (nSPS) is 19.5. The Balaban J connectivity index is 1.61. The fourth-order valence-electron chi connectivity index (χ4n) is 2.60. The van der Waals surface area contributed by atoms with Crippen LogP contribution >= 0.6 is 0 Å². The summed E-state index contributed by atoms with van der Waals surface area (Å²) in [4.78, 5) is 23.4. The molecule has 2 aromatic rings. The molecule has 2 aromatic carbocycles. The van der Waals surface area contributed by atoms with Crippen LogP contribution in [0.3, 0.4) is 0 Å². The minimum absolute atomic E-state index is 0.00588. The average molecular weight is 295 g/mol. The van der Waals surface area contributed by atoms with Gasteiger partial charge in [-0.25, -0.2) is 0 Å². The van der Waals surface area contributed by atoms with Crippen LogP contribution in [0.5, 0.6) is 5.75 Å². The largest absolute Gasteiger partial charge is 0.508 e. The number of amides is 1. The standard InChI is InChI=1S/C18H17NO3/c1-11(20)12-2-6-14(7-3-12)19-18(22)17-10-16(17)13-4-8-15(21)9-5-13/h2-9,16-17,21H,10H2,1H3,(H,19,22). The molecule has 1 amide bonds. The van der Waals surface area contributed by atoms with Crippen molar-refractivity contribution in [1.82, 2.24) is 0 Å². The summed E-state index contributed by atoms with van der Waals surface area (Å²) in [5, 5.41) is 12.2. The molecule has 4 nitrogen and oxygen atoms in total. The van der Waals surface area contributed by atoms with Crippen LogP contribution in [0.25, 0.3) is 0 Å². The van der Waals surface area contributed by atoms with Gasteiger partial charge in [-0.1, -0.05) is 12.1 Å². The van der Waals surface area contributed by atoms with Crippen molar-refractivity contribution in [2.75, 3.05) is 5.32 Å². The zero-order valence-corrected chi connectivity index (χ0v) is 12.2. The molecular formula is C18H17NO3. The number of hydrogen-bond acceptors (Lipinski definition) is 3. The van der Waals surface area contributed by atoms with Crippen LogP contribution in [0.4, 0.5) is 5.69 Å². The molecule has 0 aliphatic heterocycles. The van der Waals surface area contributed by atoms with Crippen LogP contribution in [0, 0.1) is 5.92 Å². The highest BCUT2D eigenvalue weighted by atomic mass is 16.3. The Morgan fingerprint density at radius 2 is 1.68 bits per heavy atom. The molecule has 0 aromatic heterocycles. The summed E-state index contributed by atoms with van der Waals surface area (Å²) in [7, 11) is 0. The van der Waals surface area contributed by atoms with Crippen molar-refractivity contribution in [3.8, 4) is 5.75 Å². The lowest BCUT2D eigenvalue weighted by Gasteiger charge is -2.06. The van der Waals surface area contributed by atoms with Gasteiger partial charge in [-0.2, -0.15) is 0 Å². The lowest BCUT2D eigenvalue weighted by Crippen LogP contribution is -2.14. The lowest BCUT2D eigenvalue weighted by atomic mass is 10.1. The Morgan fingerprint density at radius 3 is 2.27 bits per heavy atom. The number of aromatic hydroxyl groups is 1. The minimum atomic E-state index is -0.0305. The highest BCUT2D eigenvalue weighted by molar-refractivity contribution is 5.97. The monoisotopic (exact) mass is 295 g/mol. The molecule has 2 unspecified atom stereocenters. The molecule has 112 valence electrons. The highest BCUT2D eigenvalue weighted by Crippen LogP contribution is 2.48. The Kier molecular flexibility index (Phi) is 3.67. The van der Waals surface area contributed by atoms with E-state index in [2.05, 4.69) is 5.32 Å². The number of anilines is 1. The molecule has 0 saturated heterocycles. The van der Waals surface area contributed by atoms with Crippen LogP contribution in [-0.4, -0.2) is 16.8 Å². The first-order valence-corrected chi connectivity index (χ1v) is 7.25. The molecule has 4 heteroatoms. The lowest BCUT2D eigenvalue weighted by molar-refractivity contribution is -0.117. The third-order valence-corrected chi connectivity index (χ3v) is 4.01. The number of hydrogen-bond donors (Lipinski definition) is 2. The quantitative estimate of drug-likeness (QED) is 0.850. The van der Waals surface area contributed by atoms with Gasteiger partial charge in [0.15, 0.2) is 5.78 Å². The van der Waals surface area contributed by atoms with Gasteiger partial charge < -0.3 is 10.4 Å². The average Bonchev–Trinajstić information content (AvgIpc) is 3.29. The topological polar surface area (TPSA) is 66.4 Å². The first-order valence-electron chi connectivity index (χ1n) is 7.25. The molecule has 2 N–H and O–H groups in total. The van der Waals surface area contributed by atoms with Gasteiger partial charge in [0.25, 0.3) is 0 Å². The Hall–Kier alpha value is -2.62. The molecule has 1 saturated carbocycles. The van der Waals surface area contributed by atoms with E-state index >= 15 is 0 Å². The molecule has 22 heavy (non-hydrogen) atoms. The summed E-state index contributed by atoms with van der Waals surface area (Å²) in [5.74, 6) is 0.422. The van der Waals surface area contributed by atoms with Crippen LogP contribution < -0.4 is 5.32 Å². The predicted molar refractivity (Wildman–Crippen MR) is 84.0 cm³/mol. The molecule has 0 bridgehead atoms. The third kappa shape index (κ3) is 3.01. The van der Waals surface area contributed by atoms with Gasteiger partial charge in [0.2, 0.25) is 5.91 Å². The van der Waals surface area contributed by atoms with Crippen molar-refractivity contribution in [3.05, 3.63) is 59.7 Å². The number of phenols is 1. The molecule has 1 fully saturated rings. The van der Waals surface area contributed by atoms with Crippen molar-refractivity contribution in [3.63, 3.8) is 0 Å². The second kappa shape index (κ2) is 5.64. The van der Waals surface area contributed by atoms with E-state index in [1.54, 1.807) is 36.4 Å². The number of Topliss-reactive ketones (excluding diaryl/α,β-unsaturated/α-hetero) is 1. The van der Waals surface area contributed by atoms with Gasteiger partial charge >= 0.3 is 0 Å². The van der Waals surface area contributed by atoms with E-state index in [1.165, 1.54) is 6.92 Å². The van der Waals surface area contributed by atoms with Gasteiger partial charge in [-0.3, -0.25) is 9.59 Å². The Labute approximate surface area is 128 Å². The van der Waals surface area contributed by atoms with Gasteiger partial charge in [0.05, 0.1) is 0 Å². The van der Waals surface area contributed by atoms with E-state index in [9.17, 15) is 14.7 Å². The van der Waals surface area contributed by atoms with Gasteiger partial charge in [0.1, 0.15) is 5.75 Å². The van der Waals surface area contributed by atoms with Crippen LogP contribution in [0.1, 0.15) is 35.2 Å². The van der Waals surface area contributed by atoms with E-state index < -0.39 is 0 Å². The maximum absolute atomic E-state index is 12.2. The highest BCUT2D eigenvalue weighted by Gasteiger charge is 2.43. The van der Waals surface area contributed by atoms with Crippen molar-refractivity contribution < 1.29 is 14.7 Å². The van der Waals surface area contributed by atoms with E-state index in [-0.39, 0.29) is 29.3 Å². The van der Waals surface area contributed by atoms with E-state index in [4.69, 9.17) is 0 Å². The molecule has 0 spiro atoms. The molecule has 1 aliphatic rings. The number of nitrogens with one attached hydrogen (secondary N) is 1. The van der Waals surface area contributed by atoms with E-state index in [1.807, 2.05) is 12.1 Å². The van der Waals surface area contributed by atoms with Crippen LogP contribution in [0.15, 0.2) is 48.5 Å². The molecular weight excluding hydrogens is 278 g/mol. The van der Waals surface area contributed by atoms with Gasteiger partial charge in [-0.15, -0.1) is 0 Å².